The summed E-state index contributed by atoms with van der Waals surface area (Å²) in [4.78, 5) is 18.9. The lowest BCUT2D eigenvalue weighted by Crippen LogP contribution is -2.34. The first-order valence-electron chi connectivity index (χ1n) is 8.42. The van der Waals surface area contributed by atoms with E-state index in [1.54, 1.807) is 4.90 Å². The van der Waals surface area contributed by atoms with E-state index in [1.807, 2.05) is 18.2 Å². The number of amides is 1. The van der Waals surface area contributed by atoms with Crippen molar-refractivity contribution in [3.8, 4) is 22.8 Å². The molecule has 0 bridgehead atoms. The normalized spacial score (nSPS) is 20.6. The Morgan fingerprint density at radius 3 is 2.70 bits per heavy atom. The summed E-state index contributed by atoms with van der Waals surface area (Å²) in [5, 5.41) is 0. The van der Waals surface area contributed by atoms with Crippen molar-refractivity contribution in [2.24, 2.45) is 11.1 Å². The van der Waals surface area contributed by atoms with Crippen molar-refractivity contribution in [2.75, 3.05) is 32.8 Å². The number of carbonyl (C=O) groups is 1. The van der Waals surface area contributed by atoms with Gasteiger partial charge in [-0.2, -0.15) is 0 Å². The van der Waals surface area contributed by atoms with E-state index in [0.29, 0.717) is 55.8 Å². The van der Waals surface area contributed by atoms with Crippen LogP contribution >= 0.6 is 24.8 Å². The van der Waals surface area contributed by atoms with Gasteiger partial charge in [0.05, 0.1) is 0 Å². The Kier molecular flexibility index (Phi) is 6.62. The first kappa shape index (κ1) is 21.3. The van der Waals surface area contributed by atoms with Crippen LogP contribution in [0.2, 0.25) is 0 Å². The van der Waals surface area contributed by atoms with Gasteiger partial charge in [-0.3, -0.25) is 4.79 Å². The number of hydrogen-bond donors (Lipinski definition) is 1. The van der Waals surface area contributed by atoms with Gasteiger partial charge >= 0.3 is 0 Å². The molecule has 1 aromatic carbocycles. The monoisotopic (exact) mass is 415 g/mol. The first-order chi connectivity index (χ1) is 12.1. The second-order valence-electron chi connectivity index (χ2n) is 6.88. The van der Waals surface area contributed by atoms with Crippen LogP contribution in [0.5, 0.6) is 11.5 Å². The molecule has 148 valence electrons. The molecule has 1 aromatic heterocycles. The largest absolute Gasteiger partial charge is 0.486 e. The minimum Gasteiger partial charge on any atom is -0.486 e. The quantitative estimate of drug-likeness (QED) is 0.828. The van der Waals surface area contributed by atoms with Crippen LogP contribution in [0.4, 0.5) is 0 Å². The van der Waals surface area contributed by atoms with Crippen LogP contribution in [0.3, 0.4) is 0 Å². The predicted octanol–water partition coefficient (Wildman–Crippen LogP) is 2.77. The van der Waals surface area contributed by atoms with Gasteiger partial charge in [-0.05, 0) is 36.6 Å². The molecule has 2 aromatic rings. The van der Waals surface area contributed by atoms with Crippen LogP contribution in [-0.4, -0.2) is 48.6 Å². The Hall–Kier alpha value is -1.96. The summed E-state index contributed by atoms with van der Waals surface area (Å²) in [6, 6.07) is 5.49. The Bertz CT molecular complexity index is 814. The fourth-order valence-electron chi connectivity index (χ4n) is 3.30. The van der Waals surface area contributed by atoms with Gasteiger partial charge < -0.3 is 24.5 Å². The molecule has 4 rings (SSSR count). The molecule has 0 radical (unpaired) electrons. The van der Waals surface area contributed by atoms with Crippen molar-refractivity contribution in [3.63, 3.8) is 0 Å². The highest BCUT2D eigenvalue weighted by Gasteiger charge is 2.37. The maximum atomic E-state index is 12.9. The molecule has 7 nitrogen and oxygen atoms in total. The molecule has 0 saturated carbocycles. The Balaban J connectivity index is 0.00000131. The molecule has 2 N–H and O–H groups in total. The summed E-state index contributed by atoms with van der Waals surface area (Å²) in [6.45, 7) is 5.02. The summed E-state index contributed by atoms with van der Waals surface area (Å²) >= 11 is 0. The SMILES string of the molecule is CC1(CN)CCN(C(=O)c2ncoc2-c2ccc3c(c2)OCCO3)C1.Cl.Cl. The number of oxazole rings is 1. The minimum absolute atomic E-state index is 0. The van der Waals surface area contributed by atoms with Gasteiger partial charge in [0.2, 0.25) is 0 Å². The van der Waals surface area contributed by atoms with Crippen LogP contribution in [0.1, 0.15) is 23.8 Å². The van der Waals surface area contributed by atoms with Crippen molar-refractivity contribution in [1.29, 1.82) is 0 Å². The van der Waals surface area contributed by atoms with E-state index in [4.69, 9.17) is 19.6 Å². The third-order valence-electron chi connectivity index (χ3n) is 4.91. The molecule has 0 spiro atoms. The lowest BCUT2D eigenvalue weighted by Gasteiger charge is -2.22. The zero-order chi connectivity index (χ0) is 17.4. The van der Waals surface area contributed by atoms with E-state index in [-0.39, 0.29) is 36.1 Å². The topological polar surface area (TPSA) is 90.8 Å². The van der Waals surface area contributed by atoms with E-state index >= 15 is 0 Å². The maximum Gasteiger partial charge on any atom is 0.276 e. The van der Waals surface area contributed by atoms with Crippen molar-refractivity contribution in [2.45, 2.75) is 13.3 Å². The van der Waals surface area contributed by atoms with Crippen LogP contribution in [-0.2, 0) is 0 Å². The highest BCUT2D eigenvalue weighted by Crippen LogP contribution is 2.36. The fourth-order valence-corrected chi connectivity index (χ4v) is 3.30. The van der Waals surface area contributed by atoms with Gasteiger partial charge in [0.25, 0.3) is 5.91 Å². The van der Waals surface area contributed by atoms with Crippen molar-refractivity contribution in [1.82, 2.24) is 9.88 Å². The Morgan fingerprint density at radius 2 is 2.00 bits per heavy atom. The Labute approximate surface area is 170 Å². The molecule has 3 heterocycles. The van der Waals surface area contributed by atoms with Gasteiger partial charge in [-0.15, -0.1) is 24.8 Å². The fraction of sp³-hybridized carbons (Fsp3) is 0.444. The van der Waals surface area contributed by atoms with Gasteiger partial charge in [0.1, 0.15) is 13.2 Å². The highest BCUT2D eigenvalue weighted by atomic mass is 35.5. The van der Waals surface area contributed by atoms with Crippen LogP contribution in [0.25, 0.3) is 11.3 Å². The molecule has 1 unspecified atom stereocenters. The number of rotatable bonds is 3. The molecule has 1 saturated heterocycles. The van der Waals surface area contributed by atoms with Gasteiger partial charge in [0, 0.05) is 18.7 Å². The van der Waals surface area contributed by atoms with E-state index < -0.39 is 0 Å². The summed E-state index contributed by atoms with van der Waals surface area (Å²) in [7, 11) is 0. The highest BCUT2D eigenvalue weighted by molar-refractivity contribution is 5.98. The van der Waals surface area contributed by atoms with Crippen molar-refractivity contribution in [3.05, 3.63) is 30.3 Å². The van der Waals surface area contributed by atoms with Gasteiger partial charge in [0.15, 0.2) is 29.3 Å². The number of nitrogens with zero attached hydrogens (tertiary/aromatic N) is 2. The van der Waals surface area contributed by atoms with E-state index in [2.05, 4.69) is 11.9 Å². The molecular formula is C18H23Cl2N3O4. The zero-order valence-corrected chi connectivity index (χ0v) is 16.6. The molecule has 1 amide bonds. The van der Waals surface area contributed by atoms with Crippen molar-refractivity contribution < 1.29 is 18.7 Å². The summed E-state index contributed by atoms with van der Waals surface area (Å²) in [5.41, 5.74) is 6.86. The number of hydrogen-bond acceptors (Lipinski definition) is 6. The molecule has 2 aliphatic heterocycles. The number of ether oxygens (including phenoxy) is 2. The van der Waals surface area contributed by atoms with Crippen LogP contribution < -0.4 is 15.2 Å². The molecule has 0 aliphatic carbocycles. The third-order valence-corrected chi connectivity index (χ3v) is 4.91. The number of benzene rings is 1. The smallest absolute Gasteiger partial charge is 0.276 e. The third kappa shape index (κ3) is 4.00. The molecular weight excluding hydrogens is 393 g/mol. The van der Waals surface area contributed by atoms with Gasteiger partial charge in [-0.25, -0.2) is 4.98 Å². The number of carbonyl (C=O) groups excluding carboxylic acids is 1. The van der Waals surface area contributed by atoms with Crippen molar-refractivity contribution >= 4 is 30.7 Å². The second kappa shape index (κ2) is 8.37. The average molecular weight is 416 g/mol. The number of fused-ring (bicyclic) bond motifs is 1. The summed E-state index contributed by atoms with van der Waals surface area (Å²) in [6.07, 6.45) is 2.20. The van der Waals surface area contributed by atoms with E-state index in [1.165, 1.54) is 6.39 Å². The van der Waals surface area contributed by atoms with Gasteiger partial charge in [-0.1, -0.05) is 6.92 Å². The van der Waals surface area contributed by atoms with E-state index in [0.717, 1.165) is 12.0 Å². The molecule has 27 heavy (non-hydrogen) atoms. The molecule has 1 fully saturated rings. The van der Waals surface area contributed by atoms with E-state index in [9.17, 15) is 4.79 Å². The summed E-state index contributed by atoms with van der Waals surface area (Å²) < 4.78 is 16.7. The number of aromatic nitrogens is 1. The van der Waals surface area contributed by atoms with Crippen LogP contribution in [0.15, 0.2) is 29.0 Å². The predicted molar refractivity (Wildman–Crippen MR) is 105 cm³/mol. The minimum atomic E-state index is -0.129. The average Bonchev–Trinajstić information content (AvgIpc) is 3.28. The molecule has 2 aliphatic rings. The standard InChI is InChI=1S/C18H21N3O4.2ClH/c1-18(9-19)4-5-21(10-18)17(22)15-16(25-11-20-15)12-2-3-13-14(8-12)24-7-6-23-13;;/h2-3,8,11H,4-7,9-10,19H2,1H3;2*1H. The maximum absolute atomic E-state index is 12.9. The Morgan fingerprint density at radius 1 is 1.26 bits per heavy atom. The zero-order valence-electron chi connectivity index (χ0n) is 15.0. The summed E-state index contributed by atoms with van der Waals surface area (Å²) in [5.74, 6) is 1.66. The second-order valence-corrected chi connectivity index (χ2v) is 6.88. The molecule has 9 heteroatoms. The van der Waals surface area contributed by atoms with Crippen LogP contribution in [0, 0.1) is 5.41 Å². The lowest BCUT2D eigenvalue weighted by molar-refractivity contribution is 0.0772. The first-order valence-corrected chi connectivity index (χ1v) is 8.42. The number of nitrogens with two attached hydrogens (primary N) is 1. The molecule has 1 atom stereocenters. The number of halogens is 2. The number of likely N-dealkylation sites (tertiary alicyclic amines) is 1. The lowest BCUT2D eigenvalue weighted by atomic mass is 9.90.